The Labute approximate surface area is 126 Å². The van der Waals surface area contributed by atoms with E-state index in [1.165, 1.54) is 4.90 Å². The Morgan fingerprint density at radius 3 is 2.90 bits per heavy atom. The van der Waals surface area contributed by atoms with E-state index in [0.717, 1.165) is 0 Å². The fourth-order valence-corrected chi connectivity index (χ4v) is 2.55. The maximum atomic E-state index is 12.3. The normalized spacial score (nSPS) is 14.3. The number of hydrogen-bond acceptors (Lipinski definition) is 4. The van der Waals surface area contributed by atoms with Crippen molar-refractivity contribution in [2.24, 2.45) is 5.92 Å². The Hall–Kier alpha value is -1.74. The molecule has 0 N–H and O–H groups in total. The number of carbonyl (C=O) groups is 1. The molecule has 0 aliphatic carbocycles. The molecule has 0 fully saturated rings. The summed E-state index contributed by atoms with van der Waals surface area (Å²) in [5, 5.41) is 8.81. The number of fused-ring (bicyclic) bond motifs is 1. The lowest BCUT2D eigenvalue weighted by molar-refractivity contribution is 0.0784. The third kappa shape index (κ3) is 3.05. The summed E-state index contributed by atoms with van der Waals surface area (Å²) in [6, 6.07) is 5.50. The number of amides is 1. The molecule has 20 heavy (non-hydrogen) atoms. The van der Waals surface area contributed by atoms with Crippen LogP contribution < -0.4 is 9.47 Å². The van der Waals surface area contributed by atoms with Gasteiger partial charge in [0.2, 0.25) is 0 Å². The van der Waals surface area contributed by atoms with E-state index in [1.807, 2.05) is 0 Å². The molecule has 1 atom stereocenters. The highest BCUT2D eigenvalue weighted by Crippen LogP contribution is 2.38. The second-order valence-corrected chi connectivity index (χ2v) is 5.55. The highest BCUT2D eigenvalue weighted by molar-refractivity contribution is 9.10. The van der Waals surface area contributed by atoms with Crippen LogP contribution in [-0.2, 0) is 0 Å². The van der Waals surface area contributed by atoms with E-state index in [2.05, 4.69) is 22.0 Å². The van der Waals surface area contributed by atoms with Crippen LogP contribution in [0.5, 0.6) is 11.5 Å². The maximum absolute atomic E-state index is 12.3. The van der Waals surface area contributed by atoms with Gasteiger partial charge in [0.1, 0.15) is 13.2 Å². The molecule has 1 aliphatic rings. The predicted octanol–water partition coefficient (Wildman–Crippen LogP) is 2.45. The molecule has 0 unspecified atom stereocenters. The number of ether oxygens (including phenoxy) is 2. The number of nitrogens with zero attached hydrogens (tertiary/aromatic N) is 2. The summed E-state index contributed by atoms with van der Waals surface area (Å²) in [6.45, 7) is 3.14. The average molecular weight is 339 g/mol. The van der Waals surface area contributed by atoms with Crippen molar-refractivity contribution in [2.75, 3.05) is 26.8 Å². The Morgan fingerprint density at radius 1 is 1.50 bits per heavy atom. The van der Waals surface area contributed by atoms with E-state index < -0.39 is 0 Å². The molecule has 106 valence electrons. The predicted molar refractivity (Wildman–Crippen MR) is 76.9 cm³/mol. The van der Waals surface area contributed by atoms with Gasteiger partial charge in [-0.1, -0.05) is 0 Å². The zero-order valence-electron chi connectivity index (χ0n) is 11.4. The molecular weight excluding hydrogens is 324 g/mol. The van der Waals surface area contributed by atoms with Crippen molar-refractivity contribution in [3.05, 3.63) is 22.2 Å². The summed E-state index contributed by atoms with van der Waals surface area (Å²) in [7, 11) is 1.68. The molecule has 1 aromatic rings. The van der Waals surface area contributed by atoms with Gasteiger partial charge in [-0.2, -0.15) is 5.26 Å². The second-order valence-electron chi connectivity index (χ2n) is 4.70. The number of hydrogen-bond donors (Lipinski definition) is 0. The molecule has 0 saturated heterocycles. The van der Waals surface area contributed by atoms with Crippen LogP contribution in [0.15, 0.2) is 16.6 Å². The van der Waals surface area contributed by atoms with Gasteiger partial charge < -0.3 is 14.4 Å². The zero-order valence-corrected chi connectivity index (χ0v) is 12.9. The van der Waals surface area contributed by atoms with Crippen LogP contribution in [0.2, 0.25) is 0 Å². The van der Waals surface area contributed by atoms with Gasteiger partial charge in [0.25, 0.3) is 5.91 Å². The van der Waals surface area contributed by atoms with Gasteiger partial charge >= 0.3 is 0 Å². The minimum absolute atomic E-state index is 0.148. The summed E-state index contributed by atoms with van der Waals surface area (Å²) in [5.41, 5.74) is 0.508. The van der Waals surface area contributed by atoms with E-state index in [-0.39, 0.29) is 11.8 Å². The van der Waals surface area contributed by atoms with E-state index in [0.29, 0.717) is 41.3 Å². The Bertz CT molecular complexity index is 568. The minimum Gasteiger partial charge on any atom is -0.486 e. The van der Waals surface area contributed by atoms with Crippen molar-refractivity contribution >= 4 is 21.8 Å². The summed E-state index contributed by atoms with van der Waals surface area (Å²) >= 11 is 3.39. The van der Waals surface area contributed by atoms with E-state index in [4.69, 9.17) is 14.7 Å². The molecule has 0 spiro atoms. The molecular formula is C14H15BrN2O3. The van der Waals surface area contributed by atoms with Gasteiger partial charge in [0, 0.05) is 19.2 Å². The third-order valence-electron chi connectivity index (χ3n) is 2.96. The largest absolute Gasteiger partial charge is 0.486 e. The van der Waals surface area contributed by atoms with E-state index in [9.17, 15) is 4.79 Å². The molecule has 1 heterocycles. The van der Waals surface area contributed by atoms with Gasteiger partial charge in [0.05, 0.1) is 16.5 Å². The van der Waals surface area contributed by atoms with Crippen LogP contribution in [-0.4, -0.2) is 37.6 Å². The Morgan fingerprint density at radius 2 is 2.20 bits per heavy atom. The lowest BCUT2D eigenvalue weighted by Gasteiger charge is -2.22. The lowest BCUT2D eigenvalue weighted by Crippen LogP contribution is -2.30. The number of halogens is 1. The Kier molecular flexibility index (Phi) is 4.50. The van der Waals surface area contributed by atoms with Crippen LogP contribution in [0.3, 0.4) is 0 Å². The number of rotatable bonds is 3. The third-order valence-corrected chi connectivity index (χ3v) is 3.55. The van der Waals surface area contributed by atoms with Crippen LogP contribution in [0.1, 0.15) is 17.3 Å². The Balaban J connectivity index is 2.22. The van der Waals surface area contributed by atoms with Crippen molar-refractivity contribution < 1.29 is 14.3 Å². The molecule has 1 aliphatic heterocycles. The first-order chi connectivity index (χ1) is 9.52. The maximum Gasteiger partial charge on any atom is 0.253 e. The van der Waals surface area contributed by atoms with Gasteiger partial charge in [-0.3, -0.25) is 4.79 Å². The molecule has 6 heteroatoms. The molecule has 0 bridgehead atoms. The number of benzene rings is 1. The van der Waals surface area contributed by atoms with E-state index >= 15 is 0 Å². The molecule has 1 aromatic carbocycles. The fraction of sp³-hybridized carbons (Fsp3) is 0.429. The van der Waals surface area contributed by atoms with Crippen molar-refractivity contribution in [3.8, 4) is 17.6 Å². The van der Waals surface area contributed by atoms with E-state index in [1.54, 1.807) is 26.1 Å². The molecule has 0 saturated carbocycles. The summed E-state index contributed by atoms with van der Waals surface area (Å²) in [5.74, 6) is 0.839. The standard InChI is InChI=1S/C14H15BrN2O3/c1-9(7-16)8-17(2)14(18)10-5-11(15)13-12(6-10)19-3-4-20-13/h5-6,9H,3-4,8H2,1-2H3/t9-/m0/s1. The highest BCUT2D eigenvalue weighted by atomic mass is 79.9. The summed E-state index contributed by atoms with van der Waals surface area (Å²) in [6.07, 6.45) is 0. The van der Waals surface area contributed by atoms with Crippen LogP contribution >= 0.6 is 15.9 Å². The van der Waals surface area contributed by atoms with Crippen molar-refractivity contribution in [3.63, 3.8) is 0 Å². The van der Waals surface area contributed by atoms with Gasteiger partial charge in [-0.25, -0.2) is 0 Å². The van der Waals surface area contributed by atoms with Crippen molar-refractivity contribution in [1.29, 1.82) is 5.26 Å². The summed E-state index contributed by atoms with van der Waals surface area (Å²) < 4.78 is 11.7. The first kappa shape index (κ1) is 14.7. The number of nitriles is 1. The SMILES string of the molecule is C[C@@H](C#N)CN(C)C(=O)c1cc(Br)c2c(c1)OCCO2. The molecule has 0 aromatic heterocycles. The monoisotopic (exact) mass is 338 g/mol. The van der Waals surface area contributed by atoms with Gasteiger partial charge in [-0.15, -0.1) is 0 Å². The molecule has 1 amide bonds. The zero-order chi connectivity index (χ0) is 14.7. The molecule has 0 radical (unpaired) electrons. The van der Waals surface area contributed by atoms with Crippen molar-refractivity contribution in [1.82, 2.24) is 4.90 Å². The highest BCUT2D eigenvalue weighted by Gasteiger charge is 2.21. The van der Waals surface area contributed by atoms with Crippen molar-refractivity contribution in [2.45, 2.75) is 6.92 Å². The second kappa shape index (κ2) is 6.14. The molecule has 2 rings (SSSR count). The number of carbonyl (C=O) groups excluding carboxylic acids is 1. The van der Waals surface area contributed by atoms with Gasteiger partial charge in [-0.05, 0) is 35.0 Å². The lowest BCUT2D eigenvalue weighted by atomic mass is 10.1. The van der Waals surface area contributed by atoms with Crippen LogP contribution in [0.4, 0.5) is 0 Å². The topological polar surface area (TPSA) is 62.6 Å². The minimum atomic E-state index is -0.204. The fourth-order valence-electron chi connectivity index (χ4n) is 1.99. The summed E-state index contributed by atoms with van der Waals surface area (Å²) in [4.78, 5) is 13.9. The average Bonchev–Trinajstić information content (AvgIpc) is 2.46. The quantitative estimate of drug-likeness (QED) is 0.849. The molecule has 5 nitrogen and oxygen atoms in total. The first-order valence-corrected chi connectivity index (χ1v) is 7.06. The van der Waals surface area contributed by atoms with Crippen LogP contribution in [0, 0.1) is 17.2 Å². The first-order valence-electron chi connectivity index (χ1n) is 6.27. The van der Waals surface area contributed by atoms with Gasteiger partial charge in [0.15, 0.2) is 11.5 Å². The smallest absolute Gasteiger partial charge is 0.253 e. The van der Waals surface area contributed by atoms with Crippen LogP contribution in [0.25, 0.3) is 0 Å².